The van der Waals surface area contributed by atoms with Crippen molar-refractivity contribution in [2.24, 2.45) is 0 Å². The summed E-state index contributed by atoms with van der Waals surface area (Å²) in [7, 11) is 2.57. The van der Waals surface area contributed by atoms with Gasteiger partial charge in [0.1, 0.15) is 13.2 Å². The van der Waals surface area contributed by atoms with E-state index in [4.69, 9.17) is 18.9 Å². The molecule has 2 aliphatic rings. The number of hydrogen-bond acceptors (Lipinski definition) is 6. The molecule has 2 rings (SSSR count). The summed E-state index contributed by atoms with van der Waals surface area (Å²) in [4.78, 5) is 23.7. The molecule has 0 unspecified atom stereocenters. The van der Waals surface area contributed by atoms with Gasteiger partial charge in [-0.2, -0.15) is 0 Å². The second-order valence-corrected chi connectivity index (χ2v) is 3.08. The van der Waals surface area contributed by atoms with Gasteiger partial charge in [0.05, 0.1) is 14.2 Å². The number of carbonyl (C=O) groups excluding carboxylic acids is 2. The Morgan fingerprint density at radius 2 is 1.25 bits per heavy atom. The second kappa shape index (κ2) is 3.88. The average molecular weight is 226 g/mol. The predicted molar refractivity (Wildman–Crippen MR) is 50.0 cm³/mol. The Morgan fingerprint density at radius 3 is 1.56 bits per heavy atom. The Hall–Kier alpha value is -1.98. The van der Waals surface area contributed by atoms with Gasteiger partial charge in [-0.1, -0.05) is 0 Å². The molecule has 0 fully saturated rings. The topological polar surface area (TPSA) is 71.1 Å². The van der Waals surface area contributed by atoms with Crippen molar-refractivity contribution in [1.29, 1.82) is 0 Å². The third-order valence-electron chi connectivity index (χ3n) is 2.22. The maximum absolute atomic E-state index is 11.8. The molecule has 0 bridgehead atoms. The van der Waals surface area contributed by atoms with Crippen LogP contribution in [0.25, 0.3) is 0 Å². The second-order valence-electron chi connectivity index (χ2n) is 3.08. The minimum absolute atomic E-state index is 0.103. The molecular weight excluding hydrogens is 216 g/mol. The first kappa shape index (κ1) is 10.5. The fourth-order valence-corrected chi connectivity index (χ4v) is 1.54. The van der Waals surface area contributed by atoms with Gasteiger partial charge in [-0.25, -0.2) is 0 Å². The highest BCUT2D eigenvalue weighted by atomic mass is 16.6. The Bertz CT molecular complexity index is 361. The zero-order valence-corrected chi connectivity index (χ0v) is 8.86. The molecule has 1 aliphatic carbocycles. The molecule has 0 aromatic carbocycles. The largest absolute Gasteiger partial charge is 0.489 e. The van der Waals surface area contributed by atoms with E-state index in [1.807, 2.05) is 0 Å². The molecule has 1 heterocycles. The van der Waals surface area contributed by atoms with E-state index < -0.39 is 11.6 Å². The molecule has 0 aromatic rings. The van der Waals surface area contributed by atoms with Crippen molar-refractivity contribution in [2.45, 2.75) is 0 Å². The zero-order chi connectivity index (χ0) is 11.7. The van der Waals surface area contributed by atoms with Crippen molar-refractivity contribution in [3.8, 4) is 0 Å². The van der Waals surface area contributed by atoms with E-state index in [0.717, 1.165) is 0 Å². The van der Waals surface area contributed by atoms with Gasteiger partial charge in [0.2, 0.25) is 23.0 Å². The minimum atomic E-state index is -0.534. The third-order valence-corrected chi connectivity index (χ3v) is 2.22. The lowest BCUT2D eigenvalue weighted by Crippen LogP contribution is -2.32. The lowest BCUT2D eigenvalue weighted by Gasteiger charge is -2.25. The van der Waals surface area contributed by atoms with Crippen molar-refractivity contribution in [3.63, 3.8) is 0 Å². The molecule has 16 heavy (non-hydrogen) atoms. The fraction of sp³-hybridized carbons (Fsp3) is 0.400. The van der Waals surface area contributed by atoms with E-state index in [0.29, 0.717) is 0 Å². The van der Waals surface area contributed by atoms with Crippen LogP contribution in [0.5, 0.6) is 0 Å². The molecule has 0 amide bonds. The van der Waals surface area contributed by atoms with Crippen molar-refractivity contribution < 1.29 is 28.5 Å². The molecule has 0 saturated carbocycles. The van der Waals surface area contributed by atoms with Crippen LogP contribution in [0.15, 0.2) is 23.0 Å². The first-order valence-corrected chi connectivity index (χ1v) is 4.62. The van der Waals surface area contributed by atoms with Crippen LogP contribution >= 0.6 is 0 Å². The molecule has 0 atom stereocenters. The summed E-state index contributed by atoms with van der Waals surface area (Å²) in [5.41, 5.74) is 0. The van der Waals surface area contributed by atoms with Crippen molar-refractivity contribution >= 4 is 11.6 Å². The normalized spacial score (nSPS) is 20.1. The van der Waals surface area contributed by atoms with Crippen LogP contribution in [0.1, 0.15) is 0 Å². The highest BCUT2D eigenvalue weighted by molar-refractivity contribution is 6.22. The molecule has 0 saturated heterocycles. The van der Waals surface area contributed by atoms with E-state index in [-0.39, 0.29) is 36.3 Å². The molecule has 6 nitrogen and oxygen atoms in total. The summed E-state index contributed by atoms with van der Waals surface area (Å²) in [5, 5.41) is 0. The van der Waals surface area contributed by atoms with Crippen molar-refractivity contribution in [2.75, 3.05) is 27.4 Å². The summed E-state index contributed by atoms with van der Waals surface area (Å²) < 4.78 is 19.9. The van der Waals surface area contributed by atoms with Gasteiger partial charge in [-0.3, -0.25) is 9.59 Å². The maximum Gasteiger partial charge on any atom is 0.270 e. The molecule has 0 spiro atoms. The highest BCUT2D eigenvalue weighted by Gasteiger charge is 2.41. The summed E-state index contributed by atoms with van der Waals surface area (Å²) in [6, 6.07) is 0. The molecular formula is C10H10O6. The monoisotopic (exact) mass is 226 g/mol. The van der Waals surface area contributed by atoms with Crippen LogP contribution in [0.3, 0.4) is 0 Å². The van der Waals surface area contributed by atoms with Crippen LogP contribution in [-0.4, -0.2) is 39.0 Å². The van der Waals surface area contributed by atoms with Crippen LogP contribution in [0.4, 0.5) is 0 Å². The lowest BCUT2D eigenvalue weighted by atomic mass is 10.0. The van der Waals surface area contributed by atoms with Crippen molar-refractivity contribution in [1.82, 2.24) is 0 Å². The van der Waals surface area contributed by atoms with Gasteiger partial charge in [-0.05, 0) is 0 Å². The van der Waals surface area contributed by atoms with E-state index in [1.165, 1.54) is 14.2 Å². The van der Waals surface area contributed by atoms with Crippen molar-refractivity contribution in [3.05, 3.63) is 23.0 Å². The Kier molecular flexibility index (Phi) is 2.55. The molecule has 0 N–H and O–H groups in total. The van der Waals surface area contributed by atoms with Gasteiger partial charge >= 0.3 is 0 Å². The number of hydrogen-bond donors (Lipinski definition) is 0. The SMILES string of the molecule is COC1=C(OC)C(=O)C2=C(OCCO2)C1=O. The summed E-state index contributed by atoms with van der Waals surface area (Å²) in [6.45, 7) is 0.467. The van der Waals surface area contributed by atoms with Gasteiger partial charge in [0.25, 0.3) is 11.6 Å². The predicted octanol–water partition coefficient (Wildman–Crippen LogP) is -0.0990. The van der Waals surface area contributed by atoms with Gasteiger partial charge in [0.15, 0.2) is 0 Å². The van der Waals surface area contributed by atoms with Crippen LogP contribution < -0.4 is 0 Å². The molecule has 6 heteroatoms. The smallest absolute Gasteiger partial charge is 0.270 e. The lowest BCUT2D eigenvalue weighted by molar-refractivity contribution is -0.129. The number of rotatable bonds is 2. The van der Waals surface area contributed by atoms with Gasteiger partial charge in [0, 0.05) is 0 Å². The highest BCUT2D eigenvalue weighted by Crippen LogP contribution is 2.28. The first-order chi connectivity index (χ1) is 7.70. The molecule has 86 valence electrons. The van der Waals surface area contributed by atoms with E-state index in [9.17, 15) is 9.59 Å². The third kappa shape index (κ3) is 1.34. The molecule has 1 aliphatic heterocycles. The number of ketones is 2. The average Bonchev–Trinajstić information content (AvgIpc) is 2.33. The summed E-state index contributed by atoms with van der Waals surface area (Å²) >= 11 is 0. The fourth-order valence-electron chi connectivity index (χ4n) is 1.54. The maximum atomic E-state index is 11.8. The van der Waals surface area contributed by atoms with Crippen LogP contribution in [0, 0.1) is 0 Å². The van der Waals surface area contributed by atoms with Crippen LogP contribution in [0.2, 0.25) is 0 Å². The van der Waals surface area contributed by atoms with Gasteiger partial charge < -0.3 is 18.9 Å². The number of ether oxygens (including phenoxy) is 4. The number of carbonyl (C=O) groups is 2. The molecule has 0 aromatic heterocycles. The first-order valence-electron chi connectivity index (χ1n) is 4.62. The molecule has 0 radical (unpaired) electrons. The van der Waals surface area contributed by atoms with Gasteiger partial charge in [-0.15, -0.1) is 0 Å². The Balaban J connectivity index is 2.49. The Morgan fingerprint density at radius 1 is 0.875 bits per heavy atom. The Labute approximate surface area is 91.4 Å². The number of Topliss-reactive ketones (excluding diaryl/α,β-unsaturated/α-hetero) is 2. The standard InChI is InChI=1S/C10H10O6/c1-13-7-5(11)9-10(16-4-3-15-9)6(12)8(7)14-2/h3-4H2,1-2H3. The number of methoxy groups -OCH3 is 2. The summed E-state index contributed by atoms with van der Waals surface area (Å²) in [6.07, 6.45) is 0. The van der Waals surface area contributed by atoms with E-state index in [1.54, 1.807) is 0 Å². The van der Waals surface area contributed by atoms with E-state index >= 15 is 0 Å². The van der Waals surface area contributed by atoms with E-state index in [2.05, 4.69) is 0 Å². The zero-order valence-electron chi connectivity index (χ0n) is 8.86. The van der Waals surface area contributed by atoms with Crippen LogP contribution in [-0.2, 0) is 28.5 Å². The summed E-state index contributed by atoms with van der Waals surface area (Å²) in [5.74, 6) is -1.58. The minimum Gasteiger partial charge on any atom is -0.489 e. The quantitative estimate of drug-likeness (QED) is 0.612.